The van der Waals surface area contributed by atoms with Crippen molar-refractivity contribution in [2.24, 2.45) is 0 Å². The van der Waals surface area contributed by atoms with Gasteiger partial charge in [0.05, 0.1) is 5.60 Å². The van der Waals surface area contributed by atoms with Gasteiger partial charge in [0.25, 0.3) is 0 Å². The highest BCUT2D eigenvalue weighted by Crippen LogP contribution is 2.28. The Morgan fingerprint density at radius 3 is 2.77 bits per heavy atom. The quantitative estimate of drug-likeness (QED) is 0.699. The predicted octanol–water partition coefficient (Wildman–Crippen LogP) is 3.01. The lowest BCUT2D eigenvalue weighted by molar-refractivity contribution is -0.00145. The SMILES string of the molecule is CCC(C)(OC)c1ccnc(Cl)c1. The Balaban J connectivity index is 3.05. The highest BCUT2D eigenvalue weighted by atomic mass is 35.5. The number of methoxy groups -OCH3 is 1. The summed E-state index contributed by atoms with van der Waals surface area (Å²) in [5.74, 6) is 0. The lowest BCUT2D eigenvalue weighted by Crippen LogP contribution is -2.23. The van der Waals surface area contributed by atoms with Crippen molar-refractivity contribution in [3.8, 4) is 0 Å². The zero-order chi connectivity index (χ0) is 9.90. The van der Waals surface area contributed by atoms with E-state index in [-0.39, 0.29) is 5.60 Å². The molecule has 0 saturated carbocycles. The Hall–Kier alpha value is -0.600. The van der Waals surface area contributed by atoms with E-state index >= 15 is 0 Å². The maximum absolute atomic E-state index is 5.80. The van der Waals surface area contributed by atoms with E-state index in [4.69, 9.17) is 16.3 Å². The Labute approximate surface area is 83.9 Å². The molecule has 0 aliphatic heterocycles. The molecule has 0 N–H and O–H groups in total. The molecule has 1 heterocycles. The molecule has 0 bridgehead atoms. The van der Waals surface area contributed by atoms with Gasteiger partial charge in [-0.25, -0.2) is 4.98 Å². The van der Waals surface area contributed by atoms with Crippen molar-refractivity contribution in [3.05, 3.63) is 29.0 Å². The zero-order valence-corrected chi connectivity index (χ0v) is 8.93. The predicted molar refractivity (Wildman–Crippen MR) is 53.9 cm³/mol. The summed E-state index contributed by atoms with van der Waals surface area (Å²) in [7, 11) is 1.71. The topological polar surface area (TPSA) is 22.1 Å². The molecule has 0 aliphatic carbocycles. The summed E-state index contributed by atoms with van der Waals surface area (Å²) >= 11 is 5.80. The highest BCUT2D eigenvalue weighted by Gasteiger charge is 2.23. The first-order chi connectivity index (χ1) is 6.12. The fraction of sp³-hybridized carbons (Fsp3) is 0.500. The van der Waals surface area contributed by atoms with Crippen molar-refractivity contribution < 1.29 is 4.74 Å². The largest absolute Gasteiger partial charge is 0.374 e. The van der Waals surface area contributed by atoms with Crippen LogP contribution in [0.2, 0.25) is 5.15 Å². The Morgan fingerprint density at radius 2 is 2.31 bits per heavy atom. The lowest BCUT2D eigenvalue weighted by Gasteiger charge is -2.27. The zero-order valence-electron chi connectivity index (χ0n) is 8.17. The number of rotatable bonds is 3. The third-order valence-corrected chi connectivity index (χ3v) is 2.67. The molecule has 1 unspecified atom stereocenters. The van der Waals surface area contributed by atoms with Crippen molar-refractivity contribution in [2.45, 2.75) is 25.9 Å². The number of ether oxygens (including phenoxy) is 1. The molecule has 0 aliphatic rings. The van der Waals surface area contributed by atoms with E-state index in [2.05, 4.69) is 11.9 Å². The van der Waals surface area contributed by atoms with Crippen LogP contribution in [-0.2, 0) is 10.3 Å². The number of halogens is 1. The van der Waals surface area contributed by atoms with Gasteiger partial charge in [-0.2, -0.15) is 0 Å². The van der Waals surface area contributed by atoms with Gasteiger partial charge < -0.3 is 4.74 Å². The maximum Gasteiger partial charge on any atom is 0.129 e. The second-order valence-electron chi connectivity index (χ2n) is 3.16. The van der Waals surface area contributed by atoms with E-state index in [0.717, 1.165) is 12.0 Å². The molecular formula is C10H14ClNO. The van der Waals surface area contributed by atoms with Gasteiger partial charge >= 0.3 is 0 Å². The van der Waals surface area contributed by atoms with Gasteiger partial charge in [-0.3, -0.25) is 0 Å². The summed E-state index contributed by atoms with van der Waals surface area (Å²) in [6, 6.07) is 3.77. The summed E-state index contributed by atoms with van der Waals surface area (Å²) in [5.41, 5.74) is 0.810. The minimum atomic E-state index is -0.257. The fourth-order valence-electron chi connectivity index (χ4n) is 1.20. The van der Waals surface area contributed by atoms with Gasteiger partial charge in [0, 0.05) is 13.3 Å². The molecule has 3 heteroatoms. The summed E-state index contributed by atoms with van der Waals surface area (Å²) < 4.78 is 5.44. The van der Waals surface area contributed by atoms with Crippen LogP contribution in [0.3, 0.4) is 0 Å². The Bertz CT molecular complexity index is 284. The van der Waals surface area contributed by atoms with E-state index in [9.17, 15) is 0 Å². The first-order valence-corrected chi connectivity index (χ1v) is 4.67. The van der Waals surface area contributed by atoms with Crippen molar-refractivity contribution in [3.63, 3.8) is 0 Å². The van der Waals surface area contributed by atoms with Gasteiger partial charge in [-0.15, -0.1) is 0 Å². The third kappa shape index (κ3) is 2.20. The van der Waals surface area contributed by atoms with E-state index in [1.165, 1.54) is 0 Å². The number of hydrogen-bond acceptors (Lipinski definition) is 2. The van der Waals surface area contributed by atoms with Gasteiger partial charge in [0.2, 0.25) is 0 Å². The van der Waals surface area contributed by atoms with Crippen molar-refractivity contribution in [1.29, 1.82) is 0 Å². The molecule has 0 amide bonds. The molecule has 0 radical (unpaired) electrons. The molecule has 1 rings (SSSR count). The van der Waals surface area contributed by atoms with Gasteiger partial charge in [-0.05, 0) is 31.0 Å². The van der Waals surface area contributed by atoms with Crippen LogP contribution in [0.15, 0.2) is 18.3 Å². The smallest absolute Gasteiger partial charge is 0.129 e. The van der Waals surface area contributed by atoms with Gasteiger partial charge in [0.15, 0.2) is 0 Å². The normalized spacial score (nSPS) is 15.4. The van der Waals surface area contributed by atoms with Gasteiger partial charge in [-0.1, -0.05) is 18.5 Å². The van der Waals surface area contributed by atoms with E-state index < -0.39 is 0 Å². The fourth-order valence-corrected chi connectivity index (χ4v) is 1.37. The average Bonchev–Trinajstić information content (AvgIpc) is 2.17. The summed E-state index contributed by atoms with van der Waals surface area (Å²) in [4.78, 5) is 3.93. The second kappa shape index (κ2) is 4.07. The molecule has 0 fully saturated rings. The number of aromatic nitrogens is 1. The first kappa shape index (κ1) is 10.5. The van der Waals surface area contributed by atoms with E-state index in [0.29, 0.717) is 5.15 Å². The van der Waals surface area contributed by atoms with Crippen LogP contribution in [0.25, 0.3) is 0 Å². The molecule has 0 aromatic carbocycles. The Morgan fingerprint density at radius 1 is 1.62 bits per heavy atom. The maximum atomic E-state index is 5.80. The van der Waals surface area contributed by atoms with E-state index in [1.54, 1.807) is 13.3 Å². The number of nitrogens with zero attached hydrogens (tertiary/aromatic N) is 1. The number of hydrogen-bond donors (Lipinski definition) is 0. The summed E-state index contributed by atoms with van der Waals surface area (Å²) in [6.07, 6.45) is 2.61. The van der Waals surface area contributed by atoms with E-state index in [1.807, 2.05) is 19.1 Å². The molecular weight excluding hydrogens is 186 g/mol. The van der Waals surface area contributed by atoms with Crippen LogP contribution >= 0.6 is 11.6 Å². The van der Waals surface area contributed by atoms with Crippen LogP contribution in [0.5, 0.6) is 0 Å². The van der Waals surface area contributed by atoms with Crippen LogP contribution < -0.4 is 0 Å². The van der Waals surface area contributed by atoms with Crippen molar-refractivity contribution in [1.82, 2.24) is 4.98 Å². The second-order valence-corrected chi connectivity index (χ2v) is 3.54. The standard InChI is InChI=1S/C10H14ClNO/c1-4-10(2,13-3)8-5-6-12-9(11)7-8/h5-7H,4H2,1-3H3. The van der Waals surface area contributed by atoms with Crippen LogP contribution in [0.1, 0.15) is 25.8 Å². The van der Waals surface area contributed by atoms with Gasteiger partial charge in [0.1, 0.15) is 5.15 Å². The molecule has 13 heavy (non-hydrogen) atoms. The molecule has 1 aromatic rings. The molecule has 0 saturated heterocycles. The molecule has 2 nitrogen and oxygen atoms in total. The van der Waals surface area contributed by atoms with Crippen LogP contribution in [-0.4, -0.2) is 12.1 Å². The Kier molecular flexibility index (Phi) is 3.28. The van der Waals surface area contributed by atoms with Crippen molar-refractivity contribution >= 4 is 11.6 Å². The molecule has 1 atom stereocenters. The number of pyridine rings is 1. The summed E-state index contributed by atoms with van der Waals surface area (Å²) in [6.45, 7) is 4.12. The van der Waals surface area contributed by atoms with Crippen LogP contribution in [0.4, 0.5) is 0 Å². The first-order valence-electron chi connectivity index (χ1n) is 4.29. The average molecular weight is 200 g/mol. The third-order valence-electron chi connectivity index (χ3n) is 2.46. The molecule has 0 spiro atoms. The minimum Gasteiger partial charge on any atom is -0.374 e. The summed E-state index contributed by atoms with van der Waals surface area (Å²) in [5, 5.41) is 0.509. The minimum absolute atomic E-state index is 0.257. The lowest BCUT2D eigenvalue weighted by atomic mass is 9.94. The molecule has 1 aromatic heterocycles. The molecule has 72 valence electrons. The monoisotopic (exact) mass is 199 g/mol. The van der Waals surface area contributed by atoms with Crippen LogP contribution in [0, 0.1) is 0 Å². The highest BCUT2D eigenvalue weighted by molar-refractivity contribution is 6.29. The van der Waals surface area contributed by atoms with Crippen molar-refractivity contribution in [2.75, 3.05) is 7.11 Å².